The number of amides is 2. The highest BCUT2D eigenvalue weighted by atomic mass is 19.1. The zero-order valence-corrected chi connectivity index (χ0v) is 20.1. The number of rotatable bonds is 13. The molecule has 6 nitrogen and oxygen atoms in total. The molecule has 2 aromatic rings. The number of anilines is 1. The Kier molecular flexibility index (Phi) is 10.3. The van der Waals surface area contributed by atoms with Gasteiger partial charge >= 0.3 is 12.0 Å². The molecule has 0 heterocycles. The number of carboxylic acid groups (broad SMARTS) is 1. The van der Waals surface area contributed by atoms with E-state index in [0.29, 0.717) is 31.7 Å². The summed E-state index contributed by atoms with van der Waals surface area (Å²) >= 11 is 0. The van der Waals surface area contributed by atoms with Crippen LogP contribution in [0.3, 0.4) is 0 Å². The van der Waals surface area contributed by atoms with E-state index in [1.807, 2.05) is 6.07 Å². The number of carboxylic acids is 1. The fraction of sp³-hybridized carbons (Fsp3) is 0.462. The Balaban J connectivity index is 2.09. The highest BCUT2D eigenvalue weighted by Crippen LogP contribution is 2.23. The minimum absolute atomic E-state index is 0.0760. The molecule has 2 rings (SSSR count). The van der Waals surface area contributed by atoms with Crippen molar-refractivity contribution in [3.8, 4) is 5.75 Å². The Morgan fingerprint density at radius 2 is 1.82 bits per heavy atom. The molecule has 8 heteroatoms. The number of nitrogens with zero attached hydrogens (tertiary/aromatic N) is 1. The molecular formula is C26H34F2N2O4. The number of hydrogen-bond donors (Lipinski definition) is 2. The molecule has 2 aromatic carbocycles. The molecule has 0 saturated heterocycles. The molecule has 2 N–H and O–H groups in total. The SMILES string of the molecule is CCCCCCN(CCc1cccc(O[C@@](C)(CC)C(=O)O)c1)C(=O)Nc1ccc(F)cc1F. The summed E-state index contributed by atoms with van der Waals surface area (Å²) in [5.41, 5.74) is -0.531. The van der Waals surface area contributed by atoms with Crippen molar-refractivity contribution in [3.05, 3.63) is 59.7 Å². The summed E-state index contributed by atoms with van der Waals surface area (Å²) < 4.78 is 32.9. The van der Waals surface area contributed by atoms with Gasteiger partial charge < -0.3 is 20.1 Å². The third-order valence-corrected chi connectivity index (χ3v) is 5.78. The molecule has 0 spiro atoms. The van der Waals surface area contributed by atoms with Crippen molar-refractivity contribution >= 4 is 17.7 Å². The first kappa shape index (κ1) is 27.1. The minimum Gasteiger partial charge on any atom is -0.478 e. The number of ether oxygens (including phenoxy) is 1. The monoisotopic (exact) mass is 476 g/mol. The van der Waals surface area contributed by atoms with Gasteiger partial charge in [-0.2, -0.15) is 0 Å². The highest BCUT2D eigenvalue weighted by molar-refractivity contribution is 5.89. The Labute approximate surface area is 199 Å². The van der Waals surface area contributed by atoms with Crippen LogP contribution in [-0.2, 0) is 11.2 Å². The summed E-state index contributed by atoms with van der Waals surface area (Å²) in [4.78, 5) is 26.0. The van der Waals surface area contributed by atoms with Gasteiger partial charge in [0.15, 0.2) is 0 Å². The van der Waals surface area contributed by atoms with Crippen LogP contribution in [0.4, 0.5) is 19.3 Å². The Morgan fingerprint density at radius 3 is 2.47 bits per heavy atom. The lowest BCUT2D eigenvalue weighted by atomic mass is 10.0. The lowest BCUT2D eigenvalue weighted by Gasteiger charge is -2.25. The van der Waals surface area contributed by atoms with Crippen molar-refractivity contribution < 1.29 is 28.2 Å². The van der Waals surface area contributed by atoms with E-state index in [2.05, 4.69) is 12.2 Å². The molecular weight excluding hydrogens is 442 g/mol. The van der Waals surface area contributed by atoms with Crippen LogP contribution in [0.5, 0.6) is 5.75 Å². The van der Waals surface area contributed by atoms with E-state index in [-0.39, 0.29) is 5.69 Å². The van der Waals surface area contributed by atoms with Gasteiger partial charge in [-0.25, -0.2) is 18.4 Å². The number of unbranched alkanes of at least 4 members (excludes halogenated alkanes) is 3. The van der Waals surface area contributed by atoms with Gasteiger partial charge in [-0.1, -0.05) is 45.2 Å². The third kappa shape index (κ3) is 8.01. The number of halogens is 2. The van der Waals surface area contributed by atoms with E-state index >= 15 is 0 Å². The van der Waals surface area contributed by atoms with Crippen molar-refractivity contribution in [2.45, 2.75) is 64.9 Å². The molecule has 0 unspecified atom stereocenters. The van der Waals surface area contributed by atoms with Gasteiger partial charge in [-0.3, -0.25) is 0 Å². The van der Waals surface area contributed by atoms with Gasteiger partial charge in [0.05, 0.1) is 5.69 Å². The maximum absolute atomic E-state index is 14.0. The summed E-state index contributed by atoms with van der Waals surface area (Å²) in [6.45, 7) is 6.24. The lowest BCUT2D eigenvalue weighted by molar-refractivity contribution is -0.154. The van der Waals surface area contributed by atoms with E-state index in [9.17, 15) is 23.5 Å². The quantitative estimate of drug-likeness (QED) is 0.335. The molecule has 0 aliphatic rings. The lowest BCUT2D eigenvalue weighted by Crippen LogP contribution is -2.40. The van der Waals surface area contributed by atoms with Gasteiger partial charge in [0.1, 0.15) is 17.4 Å². The fourth-order valence-corrected chi connectivity index (χ4v) is 3.39. The number of aliphatic carboxylic acids is 1. The van der Waals surface area contributed by atoms with Crippen LogP contribution in [0.25, 0.3) is 0 Å². The fourth-order valence-electron chi connectivity index (χ4n) is 3.39. The summed E-state index contributed by atoms with van der Waals surface area (Å²) in [7, 11) is 0. The predicted octanol–water partition coefficient (Wildman–Crippen LogP) is 6.25. The van der Waals surface area contributed by atoms with Crippen LogP contribution in [0, 0.1) is 11.6 Å². The first-order valence-corrected chi connectivity index (χ1v) is 11.7. The average Bonchev–Trinajstić information content (AvgIpc) is 2.80. The molecule has 34 heavy (non-hydrogen) atoms. The second-order valence-corrected chi connectivity index (χ2v) is 8.49. The number of urea groups is 1. The highest BCUT2D eigenvalue weighted by Gasteiger charge is 2.33. The average molecular weight is 477 g/mol. The van der Waals surface area contributed by atoms with Crippen LogP contribution >= 0.6 is 0 Å². The third-order valence-electron chi connectivity index (χ3n) is 5.78. The first-order valence-electron chi connectivity index (χ1n) is 11.7. The van der Waals surface area contributed by atoms with Gasteiger partial charge in [-0.15, -0.1) is 0 Å². The number of benzene rings is 2. The second kappa shape index (κ2) is 12.9. The van der Waals surface area contributed by atoms with Gasteiger partial charge in [0.2, 0.25) is 5.60 Å². The van der Waals surface area contributed by atoms with Crippen LogP contribution < -0.4 is 10.1 Å². The molecule has 186 valence electrons. The van der Waals surface area contributed by atoms with Crippen molar-refractivity contribution in [3.63, 3.8) is 0 Å². The predicted molar refractivity (Wildman–Crippen MR) is 128 cm³/mol. The first-order chi connectivity index (χ1) is 16.2. The molecule has 0 aliphatic heterocycles. The molecule has 2 amide bonds. The largest absolute Gasteiger partial charge is 0.478 e. The Morgan fingerprint density at radius 1 is 1.06 bits per heavy atom. The maximum Gasteiger partial charge on any atom is 0.347 e. The summed E-state index contributed by atoms with van der Waals surface area (Å²) in [5, 5.41) is 12.0. The zero-order chi connectivity index (χ0) is 25.1. The second-order valence-electron chi connectivity index (χ2n) is 8.49. The van der Waals surface area contributed by atoms with E-state index in [1.54, 1.807) is 30.0 Å². The standard InChI is InChI=1S/C26H34F2N2O4/c1-4-6-7-8-15-30(25(33)29-23-13-12-20(27)18-22(23)28)16-14-19-10-9-11-21(17-19)34-26(3,5-2)24(31)32/h9-13,17-18H,4-8,14-16H2,1-3H3,(H,29,33)(H,31,32)/t26-/m0/s1. The Hall–Kier alpha value is -3.16. The molecule has 0 saturated carbocycles. The van der Waals surface area contributed by atoms with Crippen molar-refractivity contribution in [2.75, 3.05) is 18.4 Å². The van der Waals surface area contributed by atoms with Crippen LogP contribution in [0.1, 0.15) is 58.4 Å². The topological polar surface area (TPSA) is 78.9 Å². The van der Waals surface area contributed by atoms with Crippen molar-refractivity contribution in [1.82, 2.24) is 4.90 Å². The van der Waals surface area contributed by atoms with E-state index < -0.39 is 29.2 Å². The molecule has 0 bridgehead atoms. The Bertz CT molecular complexity index is 970. The normalized spacial score (nSPS) is 12.6. The molecule has 1 atom stereocenters. The zero-order valence-electron chi connectivity index (χ0n) is 20.1. The van der Waals surface area contributed by atoms with Crippen LogP contribution in [0.15, 0.2) is 42.5 Å². The van der Waals surface area contributed by atoms with Crippen LogP contribution in [-0.4, -0.2) is 40.7 Å². The van der Waals surface area contributed by atoms with Crippen LogP contribution in [0.2, 0.25) is 0 Å². The van der Waals surface area contributed by atoms with E-state index in [0.717, 1.165) is 43.4 Å². The number of carbonyl (C=O) groups excluding carboxylic acids is 1. The molecule has 0 aliphatic carbocycles. The summed E-state index contributed by atoms with van der Waals surface area (Å²) in [6, 6.07) is 9.69. The van der Waals surface area contributed by atoms with Crippen molar-refractivity contribution in [2.24, 2.45) is 0 Å². The minimum atomic E-state index is -1.33. The van der Waals surface area contributed by atoms with Gasteiger partial charge in [0.25, 0.3) is 0 Å². The number of carbonyl (C=O) groups is 2. The van der Waals surface area contributed by atoms with E-state index in [1.165, 1.54) is 13.0 Å². The van der Waals surface area contributed by atoms with Crippen molar-refractivity contribution in [1.29, 1.82) is 0 Å². The van der Waals surface area contributed by atoms with Gasteiger partial charge in [-0.05, 0) is 56.0 Å². The molecule has 0 fully saturated rings. The van der Waals surface area contributed by atoms with Gasteiger partial charge in [0, 0.05) is 19.2 Å². The smallest absolute Gasteiger partial charge is 0.347 e. The molecule has 0 radical (unpaired) electrons. The molecule has 0 aromatic heterocycles. The maximum atomic E-state index is 14.0. The number of hydrogen-bond acceptors (Lipinski definition) is 3. The number of nitrogens with one attached hydrogen (secondary N) is 1. The summed E-state index contributed by atoms with van der Waals surface area (Å²) in [5.74, 6) is -2.14. The van der Waals surface area contributed by atoms with E-state index in [4.69, 9.17) is 4.74 Å². The summed E-state index contributed by atoms with van der Waals surface area (Å²) in [6.07, 6.45) is 4.70.